The van der Waals surface area contributed by atoms with Crippen LogP contribution in [0.1, 0.15) is 24.0 Å². The average molecular weight is 350 g/mol. The van der Waals surface area contributed by atoms with E-state index in [1.807, 2.05) is 36.4 Å². The summed E-state index contributed by atoms with van der Waals surface area (Å²) in [6.07, 6.45) is 5.22. The van der Waals surface area contributed by atoms with E-state index >= 15 is 0 Å². The van der Waals surface area contributed by atoms with E-state index in [0.717, 1.165) is 22.3 Å². The van der Waals surface area contributed by atoms with Crippen molar-refractivity contribution >= 4 is 29.3 Å². The van der Waals surface area contributed by atoms with E-state index in [1.165, 1.54) is 0 Å². The summed E-state index contributed by atoms with van der Waals surface area (Å²) in [6.45, 7) is 0. The largest absolute Gasteiger partial charge is 0.495 e. The van der Waals surface area contributed by atoms with Crippen LogP contribution in [0.2, 0.25) is 0 Å². The van der Waals surface area contributed by atoms with Gasteiger partial charge in [0.2, 0.25) is 0 Å². The van der Waals surface area contributed by atoms with Gasteiger partial charge in [0, 0.05) is 11.1 Å². The molecule has 0 spiro atoms. The smallest absolute Gasteiger partial charge is 0.185 e. The molecule has 0 atom stereocenters. The van der Waals surface area contributed by atoms with E-state index in [1.54, 1.807) is 26.4 Å². The maximum Gasteiger partial charge on any atom is 0.185 e. The number of hydrogen-bond acceptors (Lipinski definition) is 5. The summed E-state index contributed by atoms with van der Waals surface area (Å²) >= 11 is 0. The first-order valence-electron chi connectivity index (χ1n) is 8.34. The van der Waals surface area contributed by atoms with Crippen molar-refractivity contribution in [2.24, 2.45) is 0 Å². The number of methoxy groups -OCH3 is 2. The van der Waals surface area contributed by atoms with Gasteiger partial charge in [-0.2, -0.15) is 0 Å². The maximum absolute atomic E-state index is 12.7. The van der Waals surface area contributed by atoms with Gasteiger partial charge in [-0.25, -0.2) is 0 Å². The predicted octanol–water partition coefficient (Wildman–Crippen LogP) is 3.70. The van der Waals surface area contributed by atoms with Gasteiger partial charge in [-0.05, 0) is 60.4 Å². The van der Waals surface area contributed by atoms with Gasteiger partial charge in [-0.15, -0.1) is 0 Å². The third-order valence-electron chi connectivity index (χ3n) is 4.44. The summed E-state index contributed by atoms with van der Waals surface area (Å²) in [5, 5.41) is 0. The zero-order valence-electron chi connectivity index (χ0n) is 14.9. The minimum atomic E-state index is 0.0663. The number of rotatable bonds is 4. The number of anilines is 2. The van der Waals surface area contributed by atoms with Gasteiger partial charge in [0.1, 0.15) is 11.5 Å². The number of nitrogen functional groups attached to an aromatic ring is 2. The molecule has 134 valence electrons. The molecule has 5 nitrogen and oxygen atoms in total. The first-order valence-corrected chi connectivity index (χ1v) is 8.34. The van der Waals surface area contributed by atoms with Crippen LogP contribution in [-0.2, 0) is 4.79 Å². The van der Waals surface area contributed by atoms with Crippen molar-refractivity contribution in [1.29, 1.82) is 0 Å². The Morgan fingerprint density at radius 1 is 0.808 bits per heavy atom. The summed E-state index contributed by atoms with van der Waals surface area (Å²) in [5.41, 5.74) is 16.2. The van der Waals surface area contributed by atoms with Gasteiger partial charge >= 0.3 is 0 Å². The average Bonchev–Trinajstić information content (AvgIpc) is 2.98. The molecule has 0 amide bonds. The van der Waals surface area contributed by atoms with Crippen LogP contribution in [-0.4, -0.2) is 20.0 Å². The Labute approximate surface area is 152 Å². The number of benzene rings is 2. The fourth-order valence-corrected chi connectivity index (χ4v) is 3.02. The van der Waals surface area contributed by atoms with E-state index < -0.39 is 0 Å². The summed E-state index contributed by atoms with van der Waals surface area (Å²) in [4.78, 5) is 12.7. The molecule has 1 aliphatic carbocycles. The quantitative estimate of drug-likeness (QED) is 0.648. The summed E-state index contributed by atoms with van der Waals surface area (Å²) < 4.78 is 10.5. The predicted molar refractivity (Wildman–Crippen MR) is 105 cm³/mol. The van der Waals surface area contributed by atoms with E-state index in [2.05, 4.69) is 0 Å². The van der Waals surface area contributed by atoms with Crippen LogP contribution in [0.4, 0.5) is 11.4 Å². The first-order chi connectivity index (χ1) is 12.5. The lowest BCUT2D eigenvalue weighted by Crippen LogP contribution is -1.97. The molecule has 0 aliphatic heterocycles. The second kappa shape index (κ2) is 7.35. The Kier molecular flexibility index (Phi) is 4.98. The molecule has 0 radical (unpaired) electrons. The fourth-order valence-electron chi connectivity index (χ4n) is 3.02. The molecular formula is C21H22N2O3. The van der Waals surface area contributed by atoms with Gasteiger partial charge in [0.15, 0.2) is 5.78 Å². The van der Waals surface area contributed by atoms with Crippen molar-refractivity contribution in [3.8, 4) is 11.5 Å². The molecule has 1 aliphatic rings. The van der Waals surface area contributed by atoms with Crippen molar-refractivity contribution in [2.75, 3.05) is 25.7 Å². The Bertz CT molecular complexity index is 840. The lowest BCUT2D eigenvalue weighted by Gasteiger charge is -2.06. The van der Waals surface area contributed by atoms with Crippen LogP contribution in [0.5, 0.6) is 11.5 Å². The van der Waals surface area contributed by atoms with Crippen molar-refractivity contribution in [3.63, 3.8) is 0 Å². The molecule has 3 rings (SSSR count). The van der Waals surface area contributed by atoms with E-state index in [-0.39, 0.29) is 5.78 Å². The van der Waals surface area contributed by atoms with E-state index in [9.17, 15) is 4.79 Å². The Morgan fingerprint density at radius 2 is 1.23 bits per heavy atom. The van der Waals surface area contributed by atoms with Crippen LogP contribution in [0.15, 0.2) is 47.5 Å². The molecular weight excluding hydrogens is 328 g/mol. The SMILES string of the molecule is COc1cc(C=C2CCC(=Cc3ccc(N)c(OC)c3)C2=O)ccc1N. The number of carbonyl (C=O) groups excluding carboxylic acids is 1. The summed E-state index contributed by atoms with van der Waals surface area (Å²) in [7, 11) is 3.15. The molecule has 1 fully saturated rings. The summed E-state index contributed by atoms with van der Waals surface area (Å²) in [6, 6.07) is 11.0. The molecule has 2 aromatic rings. The second-order valence-electron chi connectivity index (χ2n) is 6.17. The van der Waals surface area contributed by atoms with Crippen molar-refractivity contribution in [1.82, 2.24) is 0 Å². The maximum atomic E-state index is 12.7. The van der Waals surface area contributed by atoms with Crippen LogP contribution in [0.25, 0.3) is 12.2 Å². The fraction of sp³-hybridized carbons (Fsp3) is 0.190. The molecule has 0 saturated heterocycles. The first kappa shape index (κ1) is 17.6. The van der Waals surface area contributed by atoms with Gasteiger partial charge < -0.3 is 20.9 Å². The van der Waals surface area contributed by atoms with Gasteiger partial charge in [-0.3, -0.25) is 4.79 Å². The third-order valence-corrected chi connectivity index (χ3v) is 4.44. The Hall–Kier alpha value is -3.21. The molecule has 26 heavy (non-hydrogen) atoms. The van der Waals surface area contributed by atoms with Crippen LogP contribution < -0.4 is 20.9 Å². The van der Waals surface area contributed by atoms with Crippen molar-refractivity contribution in [3.05, 3.63) is 58.7 Å². The molecule has 1 saturated carbocycles. The van der Waals surface area contributed by atoms with Crippen LogP contribution >= 0.6 is 0 Å². The Morgan fingerprint density at radius 3 is 1.62 bits per heavy atom. The molecule has 0 unspecified atom stereocenters. The highest BCUT2D eigenvalue weighted by Gasteiger charge is 2.23. The number of hydrogen-bond donors (Lipinski definition) is 2. The van der Waals surface area contributed by atoms with Gasteiger partial charge in [0.05, 0.1) is 25.6 Å². The Balaban J connectivity index is 1.86. The monoisotopic (exact) mass is 350 g/mol. The van der Waals surface area contributed by atoms with Gasteiger partial charge in [-0.1, -0.05) is 12.1 Å². The summed E-state index contributed by atoms with van der Waals surface area (Å²) in [5.74, 6) is 1.28. The molecule has 2 aromatic carbocycles. The van der Waals surface area contributed by atoms with E-state index in [4.69, 9.17) is 20.9 Å². The lowest BCUT2D eigenvalue weighted by atomic mass is 10.1. The van der Waals surface area contributed by atoms with Crippen LogP contribution in [0.3, 0.4) is 0 Å². The second-order valence-corrected chi connectivity index (χ2v) is 6.17. The standard InChI is InChI=1S/C21H22N2O3/c1-25-19-11-13(3-7-17(19)22)9-15-5-6-16(21(15)24)10-14-4-8-18(23)20(12-14)26-2/h3-4,7-12H,5-6,22-23H2,1-2H3. The van der Waals surface area contributed by atoms with Gasteiger partial charge in [0.25, 0.3) is 0 Å². The number of allylic oxidation sites excluding steroid dienone is 2. The molecule has 0 heterocycles. The zero-order valence-corrected chi connectivity index (χ0v) is 14.9. The highest BCUT2D eigenvalue weighted by atomic mass is 16.5. The highest BCUT2D eigenvalue weighted by Crippen LogP contribution is 2.32. The minimum Gasteiger partial charge on any atom is -0.495 e. The van der Waals surface area contributed by atoms with Crippen molar-refractivity contribution < 1.29 is 14.3 Å². The normalized spacial score (nSPS) is 17.1. The lowest BCUT2D eigenvalue weighted by molar-refractivity contribution is -0.111. The van der Waals surface area contributed by atoms with Crippen molar-refractivity contribution in [2.45, 2.75) is 12.8 Å². The number of ketones is 1. The molecule has 4 N–H and O–H groups in total. The minimum absolute atomic E-state index is 0.0663. The third kappa shape index (κ3) is 3.57. The number of ether oxygens (including phenoxy) is 2. The van der Waals surface area contributed by atoms with E-state index in [0.29, 0.717) is 35.7 Å². The zero-order chi connectivity index (χ0) is 18.7. The topological polar surface area (TPSA) is 87.6 Å². The molecule has 5 heteroatoms. The van der Waals surface area contributed by atoms with Crippen LogP contribution in [0, 0.1) is 0 Å². The number of carbonyl (C=O) groups is 1. The molecule has 0 aromatic heterocycles. The number of nitrogens with two attached hydrogens (primary N) is 2. The molecule has 0 bridgehead atoms. The highest BCUT2D eigenvalue weighted by molar-refractivity contribution is 6.15. The number of Topliss-reactive ketones (excluding diaryl/α,β-unsaturated/α-hetero) is 1.